The maximum Gasteiger partial charge on any atom is 0.0555 e. The summed E-state index contributed by atoms with van der Waals surface area (Å²) in [6.45, 7) is 2.04. The third-order valence-electron chi connectivity index (χ3n) is 1.55. The molecule has 0 bridgehead atoms. The number of aliphatic hydroxyl groups excluding tert-OH is 1. The first kappa shape index (κ1) is 8.68. The number of aliphatic hydroxyl groups is 1. The normalized spacial score (nSPS) is 29.9. The lowest BCUT2D eigenvalue weighted by Crippen LogP contribution is -2.14. The molecule has 1 aliphatic heterocycles. The van der Waals surface area contributed by atoms with Gasteiger partial charge in [0.2, 0.25) is 0 Å². The highest BCUT2D eigenvalue weighted by Crippen LogP contribution is 2.24. The second-order valence-electron chi connectivity index (χ2n) is 2.79. The predicted octanol–water partition coefficient (Wildman–Crippen LogP) is 1.86. The van der Waals surface area contributed by atoms with Gasteiger partial charge in [-0.1, -0.05) is 19.1 Å². The van der Waals surface area contributed by atoms with Crippen LogP contribution in [0.4, 0.5) is 0 Å². The second kappa shape index (κ2) is 3.32. The van der Waals surface area contributed by atoms with E-state index in [1.165, 1.54) is 0 Å². The third-order valence-corrected chi connectivity index (χ3v) is 1.98. The van der Waals surface area contributed by atoms with Crippen LogP contribution in [0.3, 0.4) is 0 Å². The molecule has 0 amide bonds. The highest BCUT2D eigenvalue weighted by Gasteiger charge is 2.17. The third kappa shape index (κ3) is 2.27. The maximum absolute atomic E-state index is 9.02. The molecule has 0 saturated heterocycles. The first-order valence-corrected chi connectivity index (χ1v) is 4.16. The van der Waals surface area contributed by atoms with Gasteiger partial charge >= 0.3 is 0 Å². The van der Waals surface area contributed by atoms with Crippen LogP contribution in [-0.2, 0) is 0 Å². The second-order valence-corrected chi connectivity index (χ2v) is 3.70. The van der Waals surface area contributed by atoms with Gasteiger partial charge in [-0.05, 0) is 15.9 Å². The Bertz CT molecular complexity index is 232. The first-order chi connectivity index (χ1) is 5.16. The fourth-order valence-corrected chi connectivity index (χ4v) is 1.47. The Morgan fingerprint density at radius 1 is 1.73 bits per heavy atom. The van der Waals surface area contributed by atoms with Crippen molar-refractivity contribution in [3.63, 3.8) is 0 Å². The van der Waals surface area contributed by atoms with Gasteiger partial charge in [-0.25, -0.2) is 0 Å². The van der Waals surface area contributed by atoms with Gasteiger partial charge in [0.25, 0.3) is 0 Å². The Morgan fingerprint density at radius 2 is 2.45 bits per heavy atom. The van der Waals surface area contributed by atoms with Crippen molar-refractivity contribution in [2.75, 3.05) is 6.61 Å². The SMILES string of the molecule is CC1(CO)C=CN=CC(Br)=C1. The lowest BCUT2D eigenvalue weighted by molar-refractivity contribution is 0.220. The number of rotatable bonds is 1. The molecular formula is C8H10BrNO. The molecule has 1 aliphatic rings. The van der Waals surface area contributed by atoms with Crippen LogP contribution < -0.4 is 0 Å². The molecule has 1 atom stereocenters. The minimum atomic E-state index is -0.282. The zero-order valence-electron chi connectivity index (χ0n) is 6.29. The molecule has 3 heteroatoms. The summed E-state index contributed by atoms with van der Waals surface area (Å²) in [7, 11) is 0. The lowest BCUT2D eigenvalue weighted by atomic mass is 9.92. The van der Waals surface area contributed by atoms with E-state index in [4.69, 9.17) is 5.11 Å². The van der Waals surface area contributed by atoms with Crippen LogP contribution in [0.2, 0.25) is 0 Å². The molecule has 0 aromatic heterocycles. The topological polar surface area (TPSA) is 32.6 Å². The number of halogens is 1. The Kier molecular flexibility index (Phi) is 2.62. The molecule has 0 aliphatic carbocycles. The van der Waals surface area contributed by atoms with Crippen molar-refractivity contribution in [1.29, 1.82) is 0 Å². The molecule has 1 unspecified atom stereocenters. The van der Waals surface area contributed by atoms with E-state index in [9.17, 15) is 0 Å². The molecule has 11 heavy (non-hydrogen) atoms. The van der Waals surface area contributed by atoms with Crippen molar-refractivity contribution >= 4 is 22.1 Å². The molecule has 1 N–H and O–H groups in total. The van der Waals surface area contributed by atoms with Crippen molar-refractivity contribution in [2.24, 2.45) is 10.4 Å². The van der Waals surface area contributed by atoms with Gasteiger partial charge in [-0.2, -0.15) is 0 Å². The minimum Gasteiger partial charge on any atom is -0.395 e. The van der Waals surface area contributed by atoms with Crippen LogP contribution in [-0.4, -0.2) is 17.9 Å². The molecule has 0 saturated carbocycles. The molecule has 0 aromatic carbocycles. The molecule has 0 radical (unpaired) electrons. The van der Waals surface area contributed by atoms with E-state index in [0.717, 1.165) is 4.48 Å². The zero-order valence-corrected chi connectivity index (χ0v) is 7.87. The number of hydrogen-bond acceptors (Lipinski definition) is 2. The van der Waals surface area contributed by atoms with Crippen molar-refractivity contribution in [3.05, 3.63) is 22.8 Å². The van der Waals surface area contributed by atoms with Crippen LogP contribution in [0.5, 0.6) is 0 Å². The van der Waals surface area contributed by atoms with E-state index >= 15 is 0 Å². The van der Waals surface area contributed by atoms with Gasteiger partial charge in [0.1, 0.15) is 0 Å². The van der Waals surface area contributed by atoms with Gasteiger partial charge in [0, 0.05) is 22.3 Å². The summed E-state index contributed by atoms with van der Waals surface area (Å²) in [5.74, 6) is 0. The Labute approximate surface area is 74.5 Å². The Balaban J connectivity index is 2.92. The average molecular weight is 216 g/mol. The molecule has 2 nitrogen and oxygen atoms in total. The number of nitrogens with zero attached hydrogens (tertiary/aromatic N) is 1. The molecule has 1 heterocycles. The van der Waals surface area contributed by atoms with Gasteiger partial charge in [0.15, 0.2) is 0 Å². The summed E-state index contributed by atoms with van der Waals surface area (Å²) >= 11 is 3.32. The lowest BCUT2D eigenvalue weighted by Gasteiger charge is -2.16. The molecule has 1 rings (SSSR count). The largest absolute Gasteiger partial charge is 0.395 e. The van der Waals surface area contributed by atoms with E-state index in [0.29, 0.717) is 0 Å². The van der Waals surface area contributed by atoms with Crippen LogP contribution in [0.1, 0.15) is 6.92 Å². The highest BCUT2D eigenvalue weighted by molar-refractivity contribution is 9.12. The van der Waals surface area contributed by atoms with Crippen LogP contribution in [0, 0.1) is 5.41 Å². The predicted molar refractivity (Wildman–Crippen MR) is 49.8 cm³/mol. The van der Waals surface area contributed by atoms with Gasteiger partial charge in [0.05, 0.1) is 6.61 Å². The van der Waals surface area contributed by atoms with Crippen molar-refractivity contribution < 1.29 is 5.11 Å². The summed E-state index contributed by atoms with van der Waals surface area (Å²) < 4.78 is 0.902. The summed E-state index contributed by atoms with van der Waals surface area (Å²) in [5.41, 5.74) is -0.282. The van der Waals surface area contributed by atoms with Crippen molar-refractivity contribution in [2.45, 2.75) is 6.92 Å². The van der Waals surface area contributed by atoms with Crippen LogP contribution in [0.25, 0.3) is 0 Å². The van der Waals surface area contributed by atoms with Gasteiger partial charge in [-0.15, -0.1) is 0 Å². The van der Waals surface area contributed by atoms with Gasteiger partial charge < -0.3 is 5.11 Å². The molecule has 0 fully saturated rings. The fraction of sp³-hybridized carbons (Fsp3) is 0.375. The minimum absolute atomic E-state index is 0.0992. The molecular weight excluding hydrogens is 206 g/mol. The Hall–Kier alpha value is -0.410. The number of aliphatic imine (C=N–C) groups is 1. The summed E-state index contributed by atoms with van der Waals surface area (Å²) in [6, 6.07) is 0. The molecule has 60 valence electrons. The average Bonchev–Trinajstić information content (AvgIpc) is 2.13. The number of hydrogen-bond donors (Lipinski definition) is 1. The molecule has 0 spiro atoms. The van der Waals surface area contributed by atoms with E-state index in [1.807, 2.05) is 19.1 Å². The van der Waals surface area contributed by atoms with Crippen LogP contribution in [0.15, 0.2) is 27.8 Å². The summed E-state index contributed by atoms with van der Waals surface area (Å²) in [6.07, 6.45) is 7.20. The van der Waals surface area contributed by atoms with E-state index in [1.54, 1.807) is 12.4 Å². The highest BCUT2D eigenvalue weighted by atomic mass is 79.9. The summed E-state index contributed by atoms with van der Waals surface area (Å²) in [4.78, 5) is 3.96. The van der Waals surface area contributed by atoms with E-state index in [-0.39, 0.29) is 12.0 Å². The Morgan fingerprint density at radius 3 is 3.09 bits per heavy atom. The smallest absolute Gasteiger partial charge is 0.0555 e. The monoisotopic (exact) mass is 215 g/mol. The quantitative estimate of drug-likeness (QED) is 0.712. The van der Waals surface area contributed by atoms with Gasteiger partial charge in [-0.3, -0.25) is 4.99 Å². The first-order valence-electron chi connectivity index (χ1n) is 3.36. The zero-order chi connectivity index (χ0) is 8.32. The van der Waals surface area contributed by atoms with Crippen LogP contribution >= 0.6 is 15.9 Å². The van der Waals surface area contributed by atoms with E-state index in [2.05, 4.69) is 20.9 Å². The molecule has 0 aromatic rings. The maximum atomic E-state index is 9.02. The van der Waals surface area contributed by atoms with Crippen molar-refractivity contribution in [1.82, 2.24) is 0 Å². The number of allylic oxidation sites excluding steroid dienone is 1. The fourth-order valence-electron chi connectivity index (χ4n) is 0.826. The standard InChI is InChI=1S/C8H10BrNO/c1-8(6-11)2-3-10-5-7(9)4-8/h2-5,11H,6H2,1H3. The summed E-state index contributed by atoms with van der Waals surface area (Å²) in [5, 5.41) is 9.02. The van der Waals surface area contributed by atoms with E-state index < -0.39 is 0 Å². The van der Waals surface area contributed by atoms with Crippen molar-refractivity contribution in [3.8, 4) is 0 Å².